The second-order valence-corrected chi connectivity index (χ2v) is 6.78. The van der Waals surface area contributed by atoms with Gasteiger partial charge in [0, 0.05) is 0 Å². The van der Waals surface area contributed by atoms with Crippen molar-refractivity contribution >= 4 is 11.1 Å². The molecule has 0 radical (unpaired) electrons. The van der Waals surface area contributed by atoms with Crippen molar-refractivity contribution in [3.05, 3.63) is 94.8 Å². The summed E-state index contributed by atoms with van der Waals surface area (Å²) in [6.45, 7) is 0. The number of fused-ring (bicyclic) bond motifs is 1. The van der Waals surface area contributed by atoms with Crippen molar-refractivity contribution in [1.82, 2.24) is 0 Å². The van der Waals surface area contributed by atoms with Crippen LogP contribution in [0.4, 0.5) is 4.39 Å². The number of ether oxygens (including phenoxy) is 1. The molecule has 0 saturated heterocycles. The number of allylic oxidation sites excluding steroid dienone is 1. The zero-order valence-corrected chi connectivity index (χ0v) is 15.2. The second-order valence-electron chi connectivity index (χ2n) is 6.78. The standard InChI is InChI=1S/C24H21FO2/c1-27-21-13-14-23-18(15-21)3-2-4-22(16-5-9-19(25)10-6-16)24(23)17-7-11-20(26)12-8-17/h5-15,26H,2-4H2,1H3. The molecule has 136 valence electrons. The number of aryl methyl sites for hydroxylation is 1. The van der Waals surface area contributed by atoms with Crippen LogP contribution in [-0.4, -0.2) is 12.2 Å². The molecule has 0 atom stereocenters. The number of rotatable bonds is 3. The Morgan fingerprint density at radius 2 is 1.56 bits per heavy atom. The lowest BCUT2D eigenvalue weighted by atomic mass is 9.88. The summed E-state index contributed by atoms with van der Waals surface area (Å²) in [5.74, 6) is 0.861. The number of phenolic OH excluding ortho intramolecular Hbond substituents is 1. The van der Waals surface area contributed by atoms with Crippen LogP contribution in [0.5, 0.6) is 11.5 Å². The van der Waals surface area contributed by atoms with Crippen molar-refractivity contribution in [1.29, 1.82) is 0 Å². The summed E-state index contributed by atoms with van der Waals surface area (Å²) < 4.78 is 18.9. The van der Waals surface area contributed by atoms with E-state index < -0.39 is 0 Å². The van der Waals surface area contributed by atoms with Crippen LogP contribution in [0.2, 0.25) is 0 Å². The first-order valence-electron chi connectivity index (χ1n) is 9.11. The molecule has 0 bridgehead atoms. The molecule has 3 aromatic rings. The van der Waals surface area contributed by atoms with Gasteiger partial charge in [0.05, 0.1) is 7.11 Å². The Kier molecular flexibility index (Phi) is 4.68. The van der Waals surface area contributed by atoms with E-state index in [1.807, 2.05) is 30.3 Å². The molecule has 0 amide bonds. The SMILES string of the molecule is COc1ccc2c(c1)CCCC(c1ccc(F)cc1)=C2c1ccc(O)cc1. The smallest absolute Gasteiger partial charge is 0.123 e. The van der Waals surface area contributed by atoms with Gasteiger partial charge in [-0.3, -0.25) is 0 Å². The van der Waals surface area contributed by atoms with Crippen molar-refractivity contribution in [3.63, 3.8) is 0 Å². The minimum absolute atomic E-state index is 0.232. The molecule has 0 heterocycles. The molecule has 3 aromatic carbocycles. The van der Waals surface area contributed by atoms with E-state index in [9.17, 15) is 9.50 Å². The van der Waals surface area contributed by atoms with E-state index >= 15 is 0 Å². The zero-order valence-electron chi connectivity index (χ0n) is 15.2. The molecule has 4 rings (SSSR count). The van der Waals surface area contributed by atoms with Crippen LogP contribution in [0.3, 0.4) is 0 Å². The van der Waals surface area contributed by atoms with E-state index in [-0.39, 0.29) is 11.6 Å². The van der Waals surface area contributed by atoms with Crippen molar-refractivity contribution in [3.8, 4) is 11.5 Å². The number of halogens is 1. The van der Waals surface area contributed by atoms with Gasteiger partial charge in [-0.25, -0.2) is 4.39 Å². The van der Waals surface area contributed by atoms with Gasteiger partial charge in [0.2, 0.25) is 0 Å². The van der Waals surface area contributed by atoms with E-state index in [0.29, 0.717) is 0 Å². The number of phenols is 1. The first-order valence-corrected chi connectivity index (χ1v) is 9.11. The zero-order chi connectivity index (χ0) is 18.8. The van der Waals surface area contributed by atoms with Crippen LogP contribution in [-0.2, 0) is 6.42 Å². The minimum atomic E-state index is -0.232. The van der Waals surface area contributed by atoms with Crippen molar-refractivity contribution in [2.45, 2.75) is 19.3 Å². The molecule has 0 fully saturated rings. The molecule has 0 saturated carbocycles. The van der Waals surface area contributed by atoms with Crippen LogP contribution in [0.1, 0.15) is 35.1 Å². The normalized spacial score (nSPS) is 13.9. The Labute approximate surface area is 158 Å². The fraction of sp³-hybridized carbons (Fsp3) is 0.167. The third-order valence-electron chi connectivity index (χ3n) is 5.11. The summed E-state index contributed by atoms with van der Waals surface area (Å²) in [6.07, 6.45) is 2.87. The Hall–Kier alpha value is -3.07. The Balaban J connectivity index is 1.98. The van der Waals surface area contributed by atoms with Crippen LogP contribution in [0.15, 0.2) is 66.7 Å². The van der Waals surface area contributed by atoms with Gasteiger partial charge in [-0.2, -0.15) is 0 Å². The third kappa shape index (κ3) is 3.45. The van der Waals surface area contributed by atoms with E-state index in [0.717, 1.165) is 41.7 Å². The third-order valence-corrected chi connectivity index (χ3v) is 5.11. The number of hydrogen-bond acceptors (Lipinski definition) is 2. The number of methoxy groups -OCH3 is 1. The highest BCUT2D eigenvalue weighted by molar-refractivity contribution is 6.00. The Bertz CT molecular complexity index is 986. The van der Waals surface area contributed by atoms with Gasteiger partial charge in [-0.1, -0.05) is 30.3 Å². The van der Waals surface area contributed by atoms with E-state index in [4.69, 9.17) is 4.74 Å². The van der Waals surface area contributed by atoms with Gasteiger partial charge < -0.3 is 9.84 Å². The summed E-state index contributed by atoms with van der Waals surface area (Å²) in [5, 5.41) is 9.71. The molecule has 2 nitrogen and oxygen atoms in total. The molecule has 3 heteroatoms. The van der Waals surface area contributed by atoms with E-state index in [2.05, 4.69) is 12.1 Å². The number of aromatic hydroxyl groups is 1. The van der Waals surface area contributed by atoms with E-state index in [1.54, 1.807) is 19.2 Å². The van der Waals surface area contributed by atoms with Crippen LogP contribution >= 0.6 is 0 Å². The molecular formula is C24H21FO2. The molecule has 0 aliphatic heterocycles. The fourth-order valence-corrected chi connectivity index (χ4v) is 3.79. The summed E-state index contributed by atoms with van der Waals surface area (Å²) in [7, 11) is 1.68. The Morgan fingerprint density at radius 1 is 0.852 bits per heavy atom. The highest BCUT2D eigenvalue weighted by Gasteiger charge is 2.20. The van der Waals surface area contributed by atoms with Gasteiger partial charge >= 0.3 is 0 Å². The van der Waals surface area contributed by atoms with Crippen LogP contribution < -0.4 is 4.74 Å². The van der Waals surface area contributed by atoms with Gasteiger partial charge in [-0.05, 0) is 89.1 Å². The first kappa shape index (κ1) is 17.3. The van der Waals surface area contributed by atoms with Crippen molar-refractivity contribution in [2.24, 2.45) is 0 Å². The van der Waals surface area contributed by atoms with E-state index in [1.165, 1.54) is 28.8 Å². The maximum absolute atomic E-state index is 13.5. The summed E-state index contributed by atoms with van der Waals surface area (Å²) in [5.41, 5.74) is 6.82. The molecule has 0 aromatic heterocycles. The number of hydrogen-bond donors (Lipinski definition) is 1. The quantitative estimate of drug-likeness (QED) is 0.636. The largest absolute Gasteiger partial charge is 0.508 e. The van der Waals surface area contributed by atoms with Gasteiger partial charge in [0.1, 0.15) is 17.3 Å². The molecule has 27 heavy (non-hydrogen) atoms. The number of benzene rings is 3. The summed E-state index contributed by atoms with van der Waals surface area (Å²) >= 11 is 0. The predicted octanol–water partition coefficient (Wildman–Crippen LogP) is 5.84. The highest BCUT2D eigenvalue weighted by atomic mass is 19.1. The second kappa shape index (κ2) is 7.28. The lowest BCUT2D eigenvalue weighted by Gasteiger charge is -2.17. The lowest BCUT2D eigenvalue weighted by Crippen LogP contribution is -1.97. The molecule has 0 spiro atoms. The lowest BCUT2D eigenvalue weighted by molar-refractivity contribution is 0.414. The fourth-order valence-electron chi connectivity index (χ4n) is 3.79. The van der Waals surface area contributed by atoms with Gasteiger partial charge in [-0.15, -0.1) is 0 Å². The van der Waals surface area contributed by atoms with Crippen LogP contribution in [0, 0.1) is 5.82 Å². The first-order chi connectivity index (χ1) is 13.2. The topological polar surface area (TPSA) is 29.5 Å². The Morgan fingerprint density at radius 3 is 2.26 bits per heavy atom. The van der Waals surface area contributed by atoms with Crippen molar-refractivity contribution < 1.29 is 14.2 Å². The summed E-state index contributed by atoms with van der Waals surface area (Å²) in [6, 6.07) is 20.2. The average molecular weight is 360 g/mol. The molecule has 1 aliphatic rings. The molecule has 0 unspecified atom stereocenters. The maximum atomic E-state index is 13.5. The highest BCUT2D eigenvalue weighted by Crippen LogP contribution is 2.41. The minimum Gasteiger partial charge on any atom is -0.508 e. The van der Waals surface area contributed by atoms with Gasteiger partial charge in [0.15, 0.2) is 0 Å². The van der Waals surface area contributed by atoms with Crippen molar-refractivity contribution in [2.75, 3.05) is 7.11 Å². The molecular weight excluding hydrogens is 339 g/mol. The predicted molar refractivity (Wildman–Crippen MR) is 106 cm³/mol. The molecule has 1 aliphatic carbocycles. The molecule has 1 N–H and O–H groups in total. The van der Waals surface area contributed by atoms with Crippen LogP contribution in [0.25, 0.3) is 11.1 Å². The summed E-state index contributed by atoms with van der Waals surface area (Å²) in [4.78, 5) is 0. The average Bonchev–Trinajstić information content (AvgIpc) is 2.88. The van der Waals surface area contributed by atoms with Gasteiger partial charge in [0.25, 0.3) is 0 Å². The maximum Gasteiger partial charge on any atom is 0.123 e. The monoisotopic (exact) mass is 360 g/mol.